The summed E-state index contributed by atoms with van der Waals surface area (Å²) in [7, 11) is 0. The van der Waals surface area contributed by atoms with Gasteiger partial charge >= 0.3 is 0 Å². The van der Waals surface area contributed by atoms with Gasteiger partial charge in [-0.05, 0) is 32.0 Å². The first-order chi connectivity index (χ1) is 9.97. The average molecular weight is 306 g/mol. The summed E-state index contributed by atoms with van der Waals surface area (Å²) in [5.41, 5.74) is 1.15. The number of rotatable bonds is 5. The topological polar surface area (TPSA) is 59.3 Å². The third-order valence-electron chi connectivity index (χ3n) is 3.09. The molecule has 1 amide bonds. The minimum Gasteiger partial charge on any atom is -0.466 e. The molecule has 0 fully saturated rings. The predicted molar refractivity (Wildman–Crippen MR) is 81.9 cm³/mol. The number of carbonyl (C=O) groups excluding carboxylic acids is 2. The Bertz CT molecular complexity index is 676. The summed E-state index contributed by atoms with van der Waals surface area (Å²) < 4.78 is 5.47. The monoisotopic (exact) mass is 305 g/mol. The van der Waals surface area contributed by atoms with Gasteiger partial charge in [0.05, 0.1) is 16.3 Å². The molecule has 0 aliphatic carbocycles. The number of aryl methyl sites for hydroxylation is 2. The average Bonchev–Trinajstić information content (AvgIpc) is 2.80. The molecule has 1 aromatic heterocycles. The van der Waals surface area contributed by atoms with Crippen LogP contribution in [0.5, 0.6) is 0 Å². The first-order valence-electron chi connectivity index (χ1n) is 6.62. The Kier molecular flexibility index (Phi) is 4.81. The molecule has 5 heteroatoms. The van der Waals surface area contributed by atoms with Crippen molar-refractivity contribution in [2.45, 2.75) is 26.7 Å². The van der Waals surface area contributed by atoms with E-state index in [0.717, 1.165) is 0 Å². The molecule has 1 aromatic carbocycles. The number of nitrogens with one attached hydrogen (secondary N) is 1. The normalized spacial score (nSPS) is 10.4. The maximum atomic E-state index is 11.9. The molecule has 1 N–H and O–H groups in total. The van der Waals surface area contributed by atoms with Crippen molar-refractivity contribution in [3.63, 3.8) is 0 Å². The van der Waals surface area contributed by atoms with Gasteiger partial charge in [-0.3, -0.25) is 9.59 Å². The van der Waals surface area contributed by atoms with E-state index in [-0.39, 0.29) is 18.1 Å². The van der Waals surface area contributed by atoms with E-state index < -0.39 is 0 Å². The van der Waals surface area contributed by atoms with E-state index in [1.54, 1.807) is 37.3 Å². The van der Waals surface area contributed by atoms with E-state index in [9.17, 15) is 9.59 Å². The Morgan fingerprint density at radius 3 is 2.62 bits per heavy atom. The van der Waals surface area contributed by atoms with Crippen LogP contribution in [0, 0.1) is 6.92 Å². The van der Waals surface area contributed by atoms with Crippen LogP contribution in [0.1, 0.15) is 35.2 Å². The van der Waals surface area contributed by atoms with E-state index >= 15 is 0 Å². The second-order valence-electron chi connectivity index (χ2n) is 4.77. The predicted octanol–water partition coefficient (Wildman–Crippen LogP) is 4.02. The molecule has 0 spiro atoms. The molecule has 0 aliphatic heterocycles. The molecule has 110 valence electrons. The van der Waals surface area contributed by atoms with Gasteiger partial charge in [-0.25, -0.2) is 0 Å². The van der Waals surface area contributed by atoms with Gasteiger partial charge in [0.15, 0.2) is 5.78 Å². The second-order valence-corrected chi connectivity index (χ2v) is 5.17. The van der Waals surface area contributed by atoms with Gasteiger partial charge in [0, 0.05) is 12.8 Å². The number of hydrogen-bond donors (Lipinski definition) is 1. The summed E-state index contributed by atoms with van der Waals surface area (Å²) in [6.07, 6.45) is 0.694. The zero-order chi connectivity index (χ0) is 15.4. The molecule has 0 atom stereocenters. The van der Waals surface area contributed by atoms with Crippen LogP contribution in [0.4, 0.5) is 5.69 Å². The van der Waals surface area contributed by atoms with Crippen LogP contribution in [-0.4, -0.2) is 11.7 Å². The fourth-order valence-corrected chi connectivity index (χ4v) is 2.21. The van der Waals surface area contributed by atoms with E-state index in [2.05, 4.69) is 5.32 Å². The summed E-state index contributed by atoms with van der Waals surface area (Å²) in [6, 6.07) is 8.75. The fraction of sp³-hybridized carbons (Fsp3) is 0.250. The molecule has 0 aliphatic rings. The Labute approximate surface area is 128 Å². The van der Waals surface area contributed by atoms with Crippen molar-refractivity contribution in [3.8, 4) is 0 Å². The van der Waals surface area contributed by atoms with E-state index in [1.807, 2.05) is 0 Å². The van der Waals surface area contributed by atoms with Gasteiger partial charge in [0.2, 0.25) is 5.91 Å². The molecular weight excluding hydrogens is 290 g/mol. The summed E-state index contributed by atoms with van der Waals surface area (Å²) in [4.78, 5) is 23.2. The fourth-order valence-electron chi connectivity index (χ4n) is 2.03. The Balaban J connectivity index is 1.94. The molecule has 21 heavy (non-hydrogen) atoms. The lowest BCUT2D eigenvalue weighted by Crippen LogP contribution is -2.12. The van der Waals surface area contributed by atoms with Crippen molar-refractivity contribution in [2.75, 3.05) is 5.32 Å². The molecule has 0 saturated carbocycles. The molecule has 4 nitrogen and oxygen atoms in total. The Morgan fingerprint density at radius 1 is 1.29 bits per heavy atom. The minimum absolute atomic E-state index is 0.0389. The highest BCUT2D eigenvalue weighted by atomic mass is 35.5. The maximum Gasteiger partial charge on any atom is 0.224 e. The smallest absolute Gasteiger partial charge is 0.224 e. The lowest BCUT2D eigenvalue weighted by atomic mass is 10.1. The summed E-state index contributed by atoms with van der Waals surface area (Å²) in [6.45, 7) is 3.23. The van der Waals surface area contributed by atoms with Gasteiger partial charge in [0.25, 0.3) is 0 Å². The van der Waals surface area contributed by atoms with E-state index in [0.29, 0.717) is 34.2 Å². The van der Waals surface area contributed by atoms with Gasteiger partial charge in [-0.1, -0.05) is 23.7 Å². The van der Waals surface area contributed by atoms with Crippen LogP contribution >= 0.6 is 11.6 Å². The number of hydrogen-bond acceptors (Lipinski definition) is 3. The minimum atomic E-state index is -0.151. The van der Waals surface area contributed by atoms with Gasteiger partial charge in [-0.2, -0.15) is 0 Å². The quantitative estimate of drug-likeness (QED) is 0.849. The Morgan fingerprint density at radius 2 is 2.00 bits per heavy atom. The highest BCUT2D eigenvalue weighted by Crippen LogP contribution is 2.21. The number of carbonyl (C=O) groups is 2. The number of anilines is 1. The molecule has 0 radical (unpaired) electrons. The van der Waals surface area contributed by atoms with Gasteiger partial charge in [0.1, 0.15) is 11.5 Å². The van der Waals surface area contributed by atoms with Crippen molar-refractivity contribution < 1.29 is 14.0 Å². The summed E-state index contributed by atoms with van der Waals surface area (Å²) in [5, 5.41) is 3.24. The molecule has 1 heterocycles. The number of halogens is 1. The maximum absolute atomic E-state index is 11.9. The Hall–Kier alpha value is -2.07. The van der Waals surface area contributed by atoms with Crippen LogP contribution in [-0.2, 0) is 11.2 Å². The lowest BCUT2D eigenvalue weighted by molar-refractivity contribution is -0.116. The first-order valence-corrected chi connectivity index (χ1v) is 7.00. The van der Waals surface area contributed by atoms with Crippen molar-refractivity contribution in [3.05, 3.63) is 52.4 Å². The molecule has 2 rings (SSSR count). The molecule has 0 unspecified atom stereocenters. The largest absolute Gasteiger partial charge is 0.466 e. The van der Waals surface area contributed by atoms with Crippen molar-refractivity contribution in [1.82, 2.24) is 0 Å². The van der Waals surface area contributed by atoms with Crippen LogP contribution in [0.25, 0.3) is 0 Å². The van der Waals surface area contributed by atoms with Crippen LogP contribution in [0.2, 0.25) is 5.02 Å². The number of amides is 1. The van der Waals surface area contributed by atoms with Crippen LogP contribution in [0.3, 0.4) is 0 Å². The SMILES string of the molecule is CC(=O)c1cc(CCC(=O)Nc2ccccc2Cl)oc1C. The number of Topliss-reactive ketones (excluding diaryl/α,β-unsaturated/α-hetero) is 1. The summed E-state index contributed by atoms with van der Waals surface area (Å²) >= 11 is 5.97. The van der Waals surface area contributed by atoms with E-state index in [4.69, 9.17) is 16.0 Å². The molecule has 0 bridgehead atoms. The molecule has 0 saturated heterocycles. The first kappa shape index (κ1) is 15.3. The van der Waals surface area contributed by atoms with Crippen LogP contribution in [0.15, 0.2) is 34.7 Å². The highest BCUT2D eigenvalue weighted by Gasteiger charge is 2.12. The zero-order valence-electron chi connectivity index (χ0n) is 11.9. The second kappa shape index (κ2) is 6.59. The van der Waals surface area contributed by atoms with Crippen molar-refractivity contribution in [1.29, 1.82) is 0 Å². The number of para-hydroxylation sites is 1. The van der Waals surface area contributed by atoms with Crippen LogP contribution < -0.4 is 5.32 Å². The number of benzene rings is 1. The van der Waals surface area contributed by atoms with E-state index in [1.165, 1.54) is 6.92 Å². The zero-order valence-corrected chi connectivity index (χ0v) is 12.7. The standard InChI is InChI=1S/C16H16ClNO3/c1-10(19)13-9-12(21-11(13)2)7-8-16(20)18-15-6-4-3-5-14(15)17/h3-6,9H,7-8H2,1-2H3,(H,18,20). The number of furan rings is 1. The van der Waals surface area contributed by atoms with Gasteiger partial charge < -0.3 is 9.73 Å². The van der Waals surface area contributed by atoms with Crippen molar-refractivity contribution >= 4 is 29.0 Å². The number of ketones is 1. The molecular formula is C16H16ClNO3. The summed E-state index contributed by atoms with van der Waals surface area (Å²) in [5.74, 6) is 1.03. The molecule has 2 aromatic rings. The van der Waals surface area contributed by atoms with Gasteiger partial charge in [-0.15, -0.1) is 0 Å². The third-order valence-corrected chi connectivity index (χ3v) is 3.42. The highest BCUT2D eigenvalue weighted by molar-refractivity contribution is 6.33. The lowest BCUT2D eigenvalue weighted by Gasteiger charge is -2.06. The third kappa shape index (κ3) is 3.95. The van der Waals surface area contributed by atoms with Crippen molar-refractivity contribution in [2.24, 2.45) is 0 Å².